The minimum atomic E-state index is -5.35. The highest BCUT2D eigenvalue weighted by Crippen LogP contribution is 2.33. The smallest absolute Gasteiger partial charge is 0.369 e. The van der Waals surface area contributed by atoms with Gasteiger partial charge in [-0.2, -0.15) is 35.6 Å². The number of aromatic nitrogens is 2. The Morgan fingerprint density at radius 3 is 2.14 bits per heavy atom. The van der Waals surface area contributed by atoms with Gasteiger partial charge >= 0.3 is 27.6 Å². The second kappa shape index (κ2) is 6.62. The van der Waals surface area contributed by atoms with Gasteiger partial charge in [-0.15, -0.1) is 0 Å². The summed E-state index contributed by atoms with van der Waals surface area (Å²) >= 11 is 0. The van der Waals surface area contributed by atoms with E-state index in [1.165, 1.54) is 24.3 Å². The minimum absolute atomic E-state index is 0.242. The average Bonchev–Trinajstić information content (AvgIpc) is 3.02. The highest BCUT2D eigenvalue weighted by atomic mass is 32.2. The fourth-order valence-electron chi connectivity index (χ4n) is 2.52. The Hall–Kier alpha value is -2.35. The first-order chi connectivity index (χ1) is 12.8. The Morgan fingerprint density at radius 1 is 1.11 bits per heavy atom. The van der Waals surface area contributed by atoms with E-state index in [1.807, 2.05) is 0 Å². The molecule has 3 rings (SSSR count). The van der Waals surface area contributed by atoms with E-state index in [1.54, 1.807) is 11.9 Å². The predicted octanol–water partition coefficient (Wildman–Crippen LogP) is 2.73. The largest absolute Gasteiger partial charge is 0.511 e. The van der Waals surface area contributed by atoms with E-state index >= 15 is 0 Å². The third-order valence-corrected chi connectivity index (χ3v) is 5.77. The molecule has 0 atom stereocenters. The topological polar surface area (TPSA) is 79.5 Å². The van der Waals surface area contributed by atoms with Crippen molar-refractivity contribution in [2.24, 2.45) is 0 Å². The quantitative estimate of drug-likeness (QED) is 0.695. The van der Waals surface area contributed by atoms with E-state index in [9.17, 15) is 34.8 Å². The third-order valence-electron chi connectivity index (χ3n) is 4.21. The SMILES string of the molecule is CN(c1ccc(-c2noc(C(F)(F)F)n2)cc1)C1CN(S(=O)(=O)C(F)(F)F)C1. The maximum absolute atomic E-state index is 12.5. The number of likely N-dealkylation sites (N-methyl/N-ethyl adjacent to an activating group) is 1. The van der Waals surface area contributed by atoms with Gasteiger partial charge in [0.2, 0.25) is 5.82 Å². The van der Waals surface area contributed by atoms with Crippen molar-refractivity contribution < 1.29 is 39.3 Å². The lowest BCUT2D eigenvalue weighted by Crippen LogP contribution is -2.62. The summed E-state index contributed by atoms with van der Waals surface area (Å²) in [5.74, 6) is -1.75. The van der Waals surface area contributed by atoms with Gasteiger partial charge in [0.05, 0.1) is 6.04 Å². The Bertz CT molecular complexity index is 949. The summed E-state index contributed by atoms with van der Waals surface area (Å²) in [6, 6.07) is 5.35. The van der Waals surface area contributed by atoms with Crippen LogP contribution in [0.5, 0.6) is 0 Å². The van der Waals surface area contributed by atoms with E-state index in [0.717, 1.165) is 0 Å². The number of benzene rings is 1. The average molecular weight is 430 g/mol. The highest BCUT2D eigenvalue weighted by Gasteiger charge is 2.54. The van der Waals surface area contributed by atoms with E-state index in [-0.39, 0.29) is 24.5 Å². The van der Waals surface area contributed by atoms with Gasteiger partial charge in [-0.25, -0.2) is 8.42 Å². The van der Waals surface area contributed by atoms with Crippen LogP contribution >= 0.6 is 0 Å². The van der Waals surface area contributed by atoms with Crippen LogP contribution in [-0.4, -0.2) is 54.6 Å². The molecule has 0 N–H and O–H groups in total. The molecule has 1 aliphatic heterocycles. The second-order valence-electron chi connectivity index (χ2n) is 6.00. The molecule has 2 aromatic rings. The molecule has 1 fully saturated rings. The van der Waals surface area contributed by atoms with E-state index < -0.39 is 33.6 Å². The van der Waals surface area contributed by atoms with Crippen molar-refractivity contribution in [3.05, 3.63) is 30.2 Å². The van der Waals surface area contributed by atoms with Crippen molar-refractivity contribution in [1.82, 2.24) is 14.4 Å². The molecule has 0 unspecified atom stereocenters. The fraction of sp³-hybridized carbons (Fsp3) is 0.429. The zero-order chi connectivity index (χ0) is 20.9. The number of alkyl halides is 6. The maximum atomic E-state index is 12.5. The van der Waals surface area contributed by atoms with Crippen molar-refractivity contribution in [3.8, 4) is 11.4 Å². The molecule has 154 valence electrons. The molecule has 1 aromatic heterocycles. The van der Waals surface area contributed by atoms with Gasteiger partial charge in [0.15, 0.2) is 0 Å². The lowest BCUT2D eigenvalue weighted by Gasteiger charge is -2.43. The van der Waals surface area contributed by atoms with Gasteiger partial charge in [0.25, 0.3) is 0 Å². The lowest BCUT2D eigenvalue weighted by molar-refractivity contribution is -0.159. The molecule has 1 aromatic carbocycles. The first-order valence-corrected chi connectivity index (χ1v) is 9.05. The number of halogens is 6. The fourth-order valence-corrected chi connectivity index (χ4v) is 3.55. The summed E-state index contributed by atoms with van der Waals surface area (Å²) in [5, 5.41) is 3.25. The van der Waals surface area contributed by atoms with Gasteiger partial charge < -0.3 is 9.42 Å². The first-order valence-electron chi connectivity index (χ1n) is 7.61. The van der Waals surface area contributed by atoms with E-state index in [2.05, 4.69) is 14.7 Å². The summed E-state index contributed by atoms with van der Waals surface area (Å²) < 4.78 is 102. The van der Waals surface area contributed by atoms with Crippen LogP contribution in [0.3, 0.4) is 0 Å². The Kier molecular flexibility index (Phi) is 4.82. The van der Waals surface area contributed by atoms with Gasteiger partial charge in [-0.3, -0.25) is 0 Å². The monoisotopic (exact) mass is 430 g/mol. The van der Waals surface area contributed by atoms with Crippen LogP contribution < -0.4 is 4.90 Å². The molecular weight excluding hydrogens is 418 g/mol. The molecular formula is C14H12F6N4O3S. The molecule has 2 heterocycles. The summed E-state index contributed by atoms with van der Waals surface area (Å²) in [4.78, 5) is 4.83. The molecule has 1 saturated heterocycles. The van der Waals surface area contributed by atoms with Gasteiger partial charge in [-0.1, -0.05) is 5.16 Å². The van der Waals surface area contributed by atoms with Crippen LogP contribution in [0.4, 0.5) is 32.0 Å². The van der Waals surface area contributed by atoms with E-state index in [4.69, 9.17) is 0 Å². The molecule has 0 radical (unpaired) electrons. The van der Waals surface area contributed by atoms with E-state index in [0.29, 0.717) is 9.99 Å². The first kappa shape index (κ1) is 20.4. The summed E-state index contributed by atoms with van der Waals surface area (Å²) in [7, 11) is -3.79. The molecule has 0 aliphatic carbocycles. The third kappa shape index (κ3) is 3.65. The number of hydrogen-bond donors (Lipinski definition) is 0. The van der Waals surface area contributed by atoms with Crippen molar-refractivity contribution in [2.75, 3.05) is 25.0 Å². The molecule has 0 amide bonds. The van der Waals surface area contributed by atoms with Crippen molar-refractivity contribution in [2.45, 2.75) is 17.7 Å². The summed E-state index contributed by atoms with van der Waals surface area (Å²) in [5.41, 5.74) is -4.58. The van der Waals surface area contributed by atoms with Crippen LogP contribution in [0.1, 0.15) is 5.89 Å². The Labute approximate surface area is 154 Å². The predicted molar refractivity (Wildman–Crippen MR) is 83.5 cm³/mol. The van der Waals surface area contributed by atoms with Crippen molar-refractivity contribution in [1.29, 1.82) is 0 Å². The summed E-state index contributed by atoms with van der Waals surface area (Å²) in [6.45, 7) is -0.667. The lowest BCUT2D eigenvalue weighted by atomic mass is 10.1. The van der Waals surface area contributed by atoms with Gasteiger partial charge in [-0.05, 0) is 24.3 Å². The number of rotatable bonds is 4. The highest BCUT2D eigenvalue weighted by molar-refractivity contribution is 7.90. The molecule has 14 heteroatoms. The van der Waals surface area contributed by atoms with Crippen molar-refractivity contribution >= 4 is 15.7 Å². The summed E-state index contributed by atoms with van der Waals surface area (Å²) in [6.07, 6.45) is -4.77. The molecule has 7 nitrogen and oxygen atoms in total. The number of sulfonamides is 1. The number of nitrogens with zero attached hydrogens (tertiary/aromatic N) is 4. The van der Waals surface area contributed by atoms with Gasteiger partial charge in [0.1, 0.15) is 0 Å². The normalized spacial score (nSPS) is 16.8. The zero-order valence-corrected chi connectivity index (χ0v) is 14.8. The number of hydrogen-bond acceptors (Lipinski definition) is 6. The standard InChI is InChI=1S/C14H12F6N4O3S/c1-23(10-6-24(7-10)28(25,26)14(18,19)20)9-4-2-8(3-5-9)11-21-12(27-22-11)13(15,16)17/h2-5,10H,6-7H2,1H3. The molecule has 28 heavy (non-hydrogen) atoms. The zero-order valence-electron chi connectivity index (χ0n) is 14.0. The van der Waals surface area contributed by atoms with Crippen LogP contribution in [-0.2, 0) is 16.2 Å². The van der Waals surface area contributed by atoms with Crippen LogP contribution in [0.15, 0.2) is 28.8 Å². The molecule has 0 bridgehead atoms. The van der Waals surface area contributed by atoms with Crippen LogP contribution in [0, 0.1) is 0 Å². The number of anilines is 1. The van der Waals surface area contributed by atoms with Gasteiger partial charge in [0, 0.05) is 31.4 Å². The molecule has 0 spiro atoms. The maximum Gasteiger partial charge on any atom is 0.511 e. The Balaban J connectivity index is 1.67. The van der Waals surface area contributed by atoms with Crippen LogP contribution in [0.2, 0.25) is 0 Å². The molecule has 0 saturated carbocycles. The minimum Gasteiger partial charge on any atom is -0.369 e. The van der Waals surface area contributed by atoms with Crippen LogP contribution in [0.25, 0.3) is 11.4 Å². The Morgan fingerprint density at radius 2 is 1.68 bits per heavy atom. The molecule has 1 aliphatic rings. The van der Waals surface area contributed by atoms with Crippen molar-refractivity contribution in [3.63, 3.8) is 0 Å². The second-order valence-corrected chi connectivity index (χ2v) is 7.93.